The molecule has 16 heavy (non-hydrogen) atoms. The SMILES string of the molecule is CCc1cc(C=O)cc(C)c1C(C)C(=O)O. The first-order valence-electron chi connectivity index (χ1n) is 5.32. The fourth-order valence-electron chi connectivity index (χ4n) is 2.01. The fraction of sp³-hybridized carbons (Fsp3) is 0.385. The van der Waals surface area contributed by atoms with Crippen molar-refractivity contribution in [1.29, 1.82) is 0 Å². The summed E-state index contributed by atoms with van der Waals surface area (Å²) < 4.78 is 0. The van der Waals surface area contributed by atoms with Crippen molar-refractivity contribution in [2.75, 3.05) is 0 Å². The van der Waals surface area contributed by atoms with Crippen molar-refractivity contribution in [3.8, 4) is 0 Å². The number of aryl methyl sites for hydroxylation is 2. The Balaban J connectivity index is 3.37. The van der Waals surface area contributed by atoms with E-state index in [0.29, 0.717) is 5.56 Å². The second-order valence-corrected chi connectivity index (χ2v) is 3.94. The fourth-order valence-corrected chi connectivity index (χ4v) is 2.01. The summed E-state index contributed by atoms with van der Waals surface area (Å²) in [7, 11) is 0. The zero-order chi connectivity index (χ0) is 12.3. The van der Waals surface area contributed by atoms with Crippen molar-refractivity contribution < 1.29 is 14.7 Å². The Bertz CT molecular complexity index is 421. The molecule has 0 radical (unpaired) electrons. The second-order valence-electron chi connectivity index (χ2n) is 3.94. The van der Waals surface area contributed by atoms with Gasteiger partial charge in [-0.25, -0.2) is 0 Å². The highest BCUT2D eigenvalue weighted by Crippen LogP contribution is 2.25. The van der Waals surface area contributed by atoms with Crippen LogP contribution < -0.4 is 0 Å². The van der Waals surface area contributed by atoms with Crippen LogP contribution in [0.25, 0.3) is 0 Å². The van der Waals surface area contributed by atoms with Gasteiger partial charge in [0.15, 0.2) is 0 Å². The normalized spacial score (nSPS) is 12.2. The van der Waals surface area contributed by atoms with E-state index in [0.717, 1.165) is 29.4 Å². The highest BCUT2D eigenvalue weighted by Gasteiger charge is 2.19. The first-order valence-corrected chi connectivity index (χ1v) is 5.32. The number of hydrogen-bond donors (Lipinski definition) is 1. The van der Waals surface area contributed by atoms with Crippen molar-refractivity contribution in [1.82, 2.24) is 0 Å². The number of carbonyl (C=O) groups excluding carboxylic acids is 1. The first kappa shape index (κ1) is 12.4. The van der Waals surface area contributed by atoms with Crippen LogP contribution in [0.15, 0.2) is 12.1 Å². The number of rotatable bonds is 4. The molecule has 0 saturated heterocycles. The quantitative estimate of drug-likeness (QED) is 0.793. The van der Waals surface area contributed by atoms with Crippen LogP contribution in [-0.4, -0.2) is 17.4 Å². The van der Waals surface area contributed by atoms with Gasteiger partial charge in [-0.2, -0.15) is 0 Å². The van der Waals surface area contributed by atoms with Gasteiger partial charge < -0.3 is 5.11 Å². The third-order valence-electron chi connectivity index (χ3n) is 2.82. The molecule has 1 aromatic rings. The summed E-state index contributed by atoms with van der Waals surface area (Å²) in [5, 5.41) is 9.04. The monoisotopic (exact) mass is 220 g/mol. The molecule has 1 atom stereocenters. The number of benzene rings is 1. The minimum atomic E-state index is -0.836. The summed E-state index contributed by atoms with van der Waals surface area (Å²) in [5.74, 6) is -1.37. The van der Waals surface area contributed by atoms with Gasteiger partial charge in [0.1, 0.15) is 6.29 Å². The lowest BCUT2D eigenvalue weighted by Crippen LogP contribution is -2.12. The van der Waals surface area contributed by atoms with Crippen molar-refractivity contribution in [2.24, 2.45) is 0 Å². The van der Waals surface area contributed by atoms with Crippen molar-refractivity contribution in [2.45, 2.75) is 33.1 Å². The van der Waals surface area contributed by atoms with Crippen molar-refractivity contribution >= 4 is 12.3 Å². The van der Waals surface area contributed by atoms with Gasteiger partial charge in [0, 0.05) is 5.56 Å². The molecule has 1 aromatic carbocycles. The molecule has 1 N–H and O–H groups in total. The summed E-state index contributed by atoms with van der Waals surface area (Å²) in [4.78, 5) is 21.7. The van der Waals surface area contributed by atoms with Crippen LogP contribution in [0.5, 0.6) is 0 Å². The lowest BCUT2D eigenvalue weighted by Gasteiger charge is -2.16. The molecule has 0 bridgehead atoms. The Morgan fingerprint density at radius 3 is 2.56 bits per heavy atom. The molecule has 86 valence electrons. The van der Waals surface area contributed by atoms with Gasteiger partial charge in [0.25, 0.3) is 0 Å². The number of aliphatic carboxylic acids is 1. The van der Waals surface area contributed by atoms with Gasteiger partial charge in [-0.15, -0.1) is 0 Å². The highest BCUT2D eigenvalue weighted by molar-refractivity contribution is 5.80. The van der Waals surface area contributed by atoms with Gasteiger partial charge in [-0.1, -0.05) is 6.92 Å². The van der Waals surface area contributed by atoms with E-state index >= 15 is 0 Å². The van der Waals surface area contributed by atoms with Crippen LogP contribution in [0.3, 0.4) is 0 Å². The molecule has 1 rings (SSSR count). The number of carbonyl (C=O) groups is 2. The Kier molecular flexibility index (Phi) is 3.82. The van der Waals surface area contributed by atoms with Crippen LogP contribution >= 0.6 is 0 Å². The molecular formula is C13H16O3. The average molecular weight is 220 g/mol. The predicted molar refractivity (Wildman–Crippen MR) is 62.0 cm³/mol. The largest absolute Gasteiger partial charge is 0.481 e. The Hall–Kier alpha value is -1.64. The second kappa shape index (κ2) is 4.92. The van der Waals surface area contributed by atoms with E-state index < -0.39 is 11.9 Å². The highest BCUT2D eigenvalue weighted by atomic mass is 16.4. The minimum Gasteiger partial charge on any atom is -0.481 e. The van der Waals surface area contributed by atoms with E-state index in [1.54, 1.807) is 19.1 Å². The van der Waals surface area contributed by atoms with Crippen LogP contribution in [-0.2, 0) is 11.2 Å². The van der Waals surface area contributed by atoms with Crippen LogP contribution in [0, 0.1) is 6.92 Å². The predicted octanol–water partition coefficient (Wildman–Crippen LogP) is 2.56. The number of carboxylic acids is 1. The first-order chi connectivity index (χ1) is 7.51. The standard InChI is InChI=1S/C13H16O3/c1-4-11-6-10(7-14)5-8(2)12(11)9(3)13(15)16/h5-7,9H,4H2,1-3H3,(H,15,16). The van der Waals surface area contributed by atoms with Crippen LogP contribution in [0.2, 0.25) is 0 Å². The maximum atomic E-state index is 11.0. The summed E-state index contributed by atoms with van der Waals surface area (Å²) >= 11 is 0. The smallest absolute Gasteiger partial charge is 0.310 e. The zero-order valence-electron chi connectivity index (χ0n) is 9.78. The molecule has 0 amide bonds. The third-order valence-corrected chi connectivity index (χ3v) is 2.82. The topological polar surface area (TPSA) is 54.4 Å². The molecule has 0 aliphatic carbocycles. The molecule has 0 heterocycles. The van der Waals surface area contributed by atoms with Crippen LogP contribution in [0.4, 0.5) is 0 Å². The van der Waals surface area contributed by atoms with Gasteiger partial charge in [0.2, 0.25) is 0 Å². The molecule has 3 nitrogen and oxygen atoms in total. The summed E-state index contributed by atoms with van der Waals surface area (Å²) in [6, 6.07) is 3.51. The van der Waals surface area contributed by atoms with E-state index in [2.05, 4.69) is 0 Å². The van der Waals surface area contributed by atoms with E-state index in [9.17, 15) is 9.59 Å². The lowest BCUT2D eigenvalue weighted by molar-refractivity contribution is -0.138. The number of hydrogen-bond acceptors (Lipinski definition) is 2. The minimum absolute atomic E-state index is 0.532. The zero-order valence-corrected chi connectivity index (χ0v) is 9.78. The van der Waals surface area contributed by atoms with E-state index in [1.165, 1.54) is 0 Å². The van der Waals surface area contributed by atoms with Gasteiger partial charge >= 0.3 is 5.97 Å². The lowest BCUT2D eigenvalue weighted by atomic mass is 9.89. The third kappa shape index (κ3) is 2.30. The van der Waals surface area contributed by atoms with E-state index in [-0.39, 0.29) is 0 Å². The summed E-state index contributed by atoms with van der Waals surface area (Å²) in [6.45, 7) is 5.48. The molecule has 0 fully saturated rings. The molecule has 0 aliphatic heterocycles. The Morgan fingerprint density at radius 2 is 2.12 bits per heavy atom. The molecule has 3 heteroatoms. The summed E-state index contributed by atoms with van der Waals surface area (Å²) in [5.41, 5.74) is 3.25. The van der Waals surface area contributed by atoms with E-state index in [1.807, 2.05) is 13.8 Å². The molecule has 0 aliphatic rings. The van der Waals surface area contributed by atoms with Crippen molar-refractivity contribution in [3.63, 3.8) is 0 Å². The van der Waals surface area contributed by atoms with Crippen LogP contribution in [0.1, 0.15) is 46.8 Å². The van der Waals surface area contributed by atoms with Crippen molar-refractivity contribution in [3.05, 3.63) is 34.4 Å². The number of aldehydes is 1. The van der Waals surface area contributed by atoms with Gasteiger partial charge in [-0.05, 0) is 49.1 Å². The Morgan fingerprint density at radius 1 is 1.50 bits per heavy atom. The maximum Gasteiger partial charge on any atom is 0.310 e. The molecular weight excluding hydrogens is 204 g/mol. The van der Waals surface area contributed by atoms with E-state index in [4.69, 9.17) is 5.11 Å². The van der Waals surface area contributed by atoms with Gasteiger partial charge in [-0.3, -0.25) is 9.59 Å². The number of carboxylic acid groups (broad SMARTS) is 1. The molecule has 0 spiro atoms. The average Bonchev–Trinajstić information content (AvgIpc) is 2.26. The molecule has 0 aromatic heterocycles. The molecule has 1 unspecified atom stereocenters. The molecule has 0 saturated carbocycles. The summed E-state index contributed by atoms with van der Waals surface area (Å²) in [6.07, 6.45) is 1.52. The maximum absolute atomic E-state index is 11.0. The van der Waals surface area contributed by atoms with Gasteiger partial charge in [0.05, 0.1) is 5.92 Å². The Labute approximate surface area is 95.1 Å².